The molecule has 2 rings (SSSR count). The number of benzene rings is 1. The maximum Gasteiger partial charge on any atom is 0.123 e. The fraction of sp³-hybridized carbons (Fsp3) is 0.222. The second kappa shape index (κ2) is 3.46. The Morgan fingerprint density at radius 1 is 1.38 bits per heavy atom. The summed E-state index contributed by atoms with van der Waals surface area (Å²) in [5.41, 5.74) is 4.02. The SMILES string of the molecule is Fc1ccc(C2CC(Br)=NN2)cc1. The highest BCUT2D eigenvalue weighted by atomic mass is 79.9. The maximum atomic E-state index is 12.6. The standard InChI is InChI=1S/C9H8BrFN2/c10-9-5-8(12-13-9)6-1-3-7(11)4-2-6/h1-4,8,12H,5H2. The van der Waals surface area contributed by atoms with Crippen LogP contribution in [0.15, 0.2) is 29.4 Å². The molecule has 0 fully saturated rings. The van der Waals surface area contributed by atoms with Crippen LogP contribution in [0.25, 0.3) is 0 Å². The first-order valence-corrected chi connectivity index (χ1v) is 4.78. The van der Waals surface area contributed by atoms with Crippen LogP contribution in [0.4, 0.5) is 4.39 Å². The summed E-state index contributed by atoms with van der Waals surface area (Å²) in [4.78, 5) is 0. The number of halogens is 2. The summed E-state index contributed by atoms with van der Waals surface area (Å²) in [6, 6.07) is 6.64. The minimum absolute atomic E-state index is 0.176. The van der Waals surface area contributed by atoms with Gasteiger partial charge in [-0.25, -0.2) is 4.39 Å². The van der Waals surface area contributed by atoms with Gasteiger partial charge in [0.25, 0.3) is 0 Å². The van der Waals surface area contributed by atoms with Crippen LogP contribution in [0.1, 0.15) is 18.0 Å². The molecule has 1 unspecified atom stereocenters. The zero-order chi connectivity index (χ0) is 9.26. The lowest BCUT2D eigenvalue weighted by Gasteiger charge is -2.08. The van der Waals surface area contributed by atoms with E-state index in [0.717, 1.165) is 16.6 Å². The highest BCUT2D eigenvalue weighted by Gasteiger charge is 2.17. The molecule has 1 atom stereocenters. The summed E-state index contributed by atoms with van der Waals surface area (Å²) in [6.45, 7) is 0. The van der Waals surface area contributed by atoms with E-state index in [1.165, 1.54) is 12.1 Å². The number of nitrogens with zero attached hydrogens (tertiary/aromatic N) is 1. The van der Waals surface area contributed by atoms with Gasteiger partial charge in [0.1, 0.15) is 10.4 Å². The molecule has 0 saturated heterocycles. The Kier molecular flexibility index (Phi) is 2.31. The van der Waals surface area contributed by atoms with Crippen LogP contribution in [-0.4, -0.2) is 4.62 Å². The molecule has 2 nitrogen and oxygen atoms in total. The zero-order valence-corrected chi connectivity index (χ0v) is 8.38. The van der Waals surface area contributed by atoms with Crippen molar-refractivity contribution in [2.24, 2.45) is 5.10 Å². The Hall–Kier alpha value is -0.900. The van der Waals surface area contributed by atoms with E-state index < -0.39 is 0 Å². The van der Waals surface area contributed by atoms with E-state index >= 15 is 0 Å². The predicted molar refractivity (Wildman–Crippen MR) is 53.3 cm³/mol. The van der Waals surface area contributed by atoms with E-state index in [-0.39, 0.29) is 11.9 Å². The minimum atomic E-state index is -0.207. The van der Waals surface area contributed by atoms with Gasteiger partial charge in [-0.3, -0.25) is 0 Å². The smallest absolute Gasteiger partial charge is 0.123 e. The van der Waals surface area contributed by atoms with Crippen LogP contribution in [0, 0.1) is 5.82 Å². The third kappa shape index (κ3) is 1.88. The molecule has 0 radical (unpaired) electrons. The summed E-state index contributed by atoms with van der Waals surface area (Å²) >= 11 is 3.30. The Labute approximate surface area is 84.0 Å². The average Bonchev–Trinajstić information content (AvgIpc) is 2.53. The molecule has 0 amide bonds. The first kappa shape index (κ1) is 8.69. The Morgan fingerprint density at radius 3 is 2.62 bits per heavy atom. The molecule has 1 N–H and O–H groups in total. The van der Waals surface area contributed by atoms with Crippen molar-refractivity contribution in [3.8, 4) is 0 Å². The second-order valence-corrected chi connectivity index (χ2v) is 3.84. The van der Waals surface area contributed by atoms with Gasteiger partial charge in [0.15, 0.2) is 0 Å². The summed E-state index contributed by atoms with van der Waals surface area (Å²) in [5.74, 6) is -0.207. The molecule has 1 aromatic rings. The fourth-order valence-corrected chi connectivity index (χ4v) is 1.72. The van der Waals surface area contributed by atoms with Crippen molar-refractivity contribution in [2.45, 2.75) is 12.5 Å². The second-order valence-electron chi connectivity index (χ2n) is 2.93. The van der Waals surface area contributed by atoms with Crippen molar-refractivity contribution < 1.29 is 4.39 Å². The van der Waals surface area contributed by atoms with Gasteiger partial charge >= 0.3 is 0 Å². The summed E-state index contributed by atoms with van der Waals surface area (Å²) in [6.07, 6.45) is 0.825. The predicted octanol–water partition coefficient (Wildman–Crippen LogP) is 2.57. The topological polar surface area (TPSA) is 24.4 Å². The number of hydrazone groups is 1. The van der Waals surface area contributed by atoms with Gasteiger partial charge < -0.3 is 5.43 Å². The van der Waals surface area contributed by atoms with E-state index in [1.807, 2.05) is 0 Å². The zero-order valence-electron chi connectivity index (χ0n) is 6.80. The molecule has 13 heavy (non-hydrogen) atoms. The van der Waals surface area contributed by atoms with E-state index in [0.29, 0.717) is 0 Å². The van der Waals surface area contributed by atoms with Crippen LogP contribution in [0.5, 0.6) is 0 Å². The quantitative estimate of drug-likeness (QED) is 0.805. The van der Waals surface area contributed by atoms with Gasteiger partial charge in [-0.05, 0) is 33.6 Å². The average molecular weight is 243 g/mol. The van der Waals surface area contributed by atoms with Crippen molar-refractivity contribution in [3.05, 3.63) is 35.6 Å². The van der Waals surface area contributed by atoms with Crippen molar-refractivity contribution >= 4 is 20.6 Å². The molecular weight excluding hydrogens is 235 g/mol. The molecule has 0 aromatic heterocycles. The van der Waals surface area contributed by atoms with Crippen LogP contribution in [-0.2, 0) is 0 Å². The van der Waals surface area contributed by atoms with E-state index in [1.54, 1.807) is 12.1 Å². The summed E-state index contributed by atoms with van der Waals surface area (Å²) < 4.78 is 13.5. The van der Waals surface area contributed by atoms with Crippen molar-refractivity contribution in [2.75, 3.05) is 0 Å². The largest absolute Gasteiger partial charge is 0.301 e. The molecule has 1 aliphatic rings. The van der Waals surface area contributed by atoms with Gasteiger partial charge in [0.2, 0.25) is 0 Å². The van der Waals surface area contributed by atoms with Crippen molar-refractivity contribution in [1.82, 2.24) is 5.43 Å². The molecule has 0 aliphatic carbocycles. The van der Waals surface area contributed by atoms with Crippen LogP contribution >= 0.6 is 15.9 Å². The molecule has 1 heterocycles. The third-order valence-corrected chi connectivity index (χ3v) is 2.49. The number of hydrogen-bond donors (Lipinski definition) is 1. The van der Waals surface area contributed by atoms with Crippen molar-refractivity contribution in [3.63, 3.8) is 0 Å². The van der Waals surface area contributed by atoms with Crippen molar-refractivity contribution in [1.29, 1.82) is 0 Å². The van der Waals surface area contributed by atoms with Crippen LogP contribution in [0.3, 0.4) is 0 Å². The lowest BCUT2D eigenvalue weighted by molar-refractivity contribution is 0.607. The monoisotopic (exact) mass is 242 g/mol. The molecule has 0 saturated carbocycles. The van der Waals surface area contributed by atoms with Gasteiger partial charge in [-0.2, -0.15) is 5.10 Å². The maximum absolute atomic E-state index is 12.6. The molecule has 0 spiro atoms. The molecular formula is C9H8BrFN2. The van der Waals surface area contributed by atoms with Gasteiger partial charge in [0, 0.05) is 6.42 Å². The van der Waals surface area contributed by atoms with E-state index in [2.05, 4.69) is 26.5 Å². The fourth-order valence-electron chi connectivity index (χ4n) is 1.30. The molecule has 4 heteroatoms. The number of rotatable bonds is 1. The normalized spacial score (nSPS) is 21.1. The number of hydrogen-bond acceptors (Lipinski definition) is 2. The Morgan fingerprint density at radius 2 is 2.08 bits per heavy atom. The Balaban J connectivity index is 2.14. The van der Waals surface area contributed by atoms with Gasteiger partial charge in [-0.15, -0.1) is 0 Å². The van der Waals surface area contributed by atoms with E-state index in [9.17, 15) is 4.39 Å². The lowest BCUT2D eigenvalue weighted by Crippen LogP contribution is -2.09. The highest BCUT2D eigenvalue weighted by molar-refractivity contribution is 9.18. The molecule has 1 aliphatic heterocycles. The van der Waals surface area contributed by atoms with Gasteiger partial charge in [-0.1, -0.05) is 12.1 Å². The lowest BCUT2D eigenvalue weighted by atomic mass is 10.1. The van der Waals surface area contributed by atoms with Gasteiger partial charge in [0.05, 0.1) is 6.04 Å². The molecule has 68 valence electrons. The Bertz CT molecular complexity index is 334. The summed E-state index contributed by atoms with van der Waals surface area (Å²) in [7, 11) is 0. The first-order valence-electron chi connectivity index (χ1n) is 3.99. The third-order valence-electron chi connectivity index (χ3n) is 1.99. The minimum Gasteiger partial charge on any atom is -0.301 e. The molecule has 0 bridgehead atoms. The van der Waals surface area contributed by atoms with E-state index in [4.69, 9.17) is 0 Å². The number of nitrogens with one attached hydrogen (secondary N) is 1. The van der Waals surface area contributed by atoms with Crippen LogP contribution < -0.4 is 5.43 Å². The summed E-state index contributed by atoms with van der Waals surface area (Å²) in [5, 5.41) is 4.01. The highest BCUT2D eigenvalue weighted by Crippen LogP contribution is 2.23. The van der Waals surface area contributed by atoms with Crippen LogP contribution in [0.2, 0.25) is 0 Å². The first-order chi connectivity index (χ1) is 6.25. The molecule has 1 aromatic carbocycles.